The van der Waals surface area contributed by atoms with E-state index in [9.17, 15) is 17.2 Å². The Kier molecular flexibility index (Phi) is 5.22. The number of rotatable bonds is 6. The maximum absolute atomic E-state index is 13.2. The predicted molar refractivity (Wildman–Crippen MR) is 67.0 cm³/mol. The number of halogens is 2. The molecule has 0 radical (unpaired) electrons. The minimum Gasteiger partial charge on any atom is -0.312 e. The van der Waals surface area contributed by atoms with Crippen LogP contribution in [0.1, 0.15) is 19.4 Å². The van der Waals surface area contributed by atoms with Crippen LogP contribution in [0.25, 0.3) is 0 Å². The zero-order valence-electron chi connectivity index (χ0n) is 10.4. The van der Waals surface area contributed by atoms with Crippen LogP contribution in [0.5, 0.6) is 0 Å². The van der Waals surface area contributed by atoms with Crippen molar-refractivity contribution in [3.63, 3.8) is 0 Å². The molecular formula is C12H17F2NO2S. The van der Waals surface area contributed by atoms with Crippen molar-refractivity contribution in [3.8, 4) is 0 Å². The third-order valence-corrected chi connectivity index (χ3v) is 4.82. The van der Waals surface area contributed by atoms with Gasteiger partial charge in [-0.1, -0.05) is 6.07 Å². The second-order valence-electron chi connectivity index (χ2n) is 4.33. The Morgan fingerprint density at radius 3 is 2.50 bits per heavy atom. The standard InChI is InChI=1S/C12H17F2NO2S/c1-9(2)18(16,17)6-5-15-8-10-3-4-11(13)7-12(10)14/h3-4,7,9,15H,5-6,8H2,1-2H3. The zero-order valence-corrected chi connectivity index (χ0v) is 11.2. The van der Waals surface area contributed by atoms with E-state index in [1.165, 1.54) is 12.1 Å². The van der Waals surface area contributed by atoms with Crippen molar-refractivity contribution in [2.75, 3.05) is 12.3 Å². The summed E-state index contributed by atoms with van der Waals surface area (Å²) in [5.74, 6) is -1.25. The summed E-state index contributed by atoms with van der Waals surface area (Å²) in [7, 11) is -3.09. The Morgan fingerprint density at radius 2 is 1.94 bits per heavy atom. The average Bonchev–Trinajstić information content (AvgIpc) is 2.26. The van der Waals surface area contributed by atoms with Crippen LogP contribution in [-0.4, -0.2) is 26.0 Å². The highest BCUT2D eigenvalue weighted by Gasteiger charge is 2.15. The molecule has 0 fully saturated rings. The smallest absolute Gasteiger partial charge is 0.153 e. The van der Waals surface area contributed by atoms with E-state index in [1.807, 2.05) is 0 Å². The summed E-state index contributed by atoms with van der Waals surface area (Å²) in [5.41, 5.74) is 0.318. The van der Waals surface area contributed by atoms with Crippen molar-refractivity contribution in [3.05, 3.63) is 35.4 Å². The van der Waals surface area contributed by atoms with E-state index in [4.69, 9.17) is 0 Å². The minimum absolute atomic E-state index is 0.00742. The lowest BCUT2D eigenvalue weighted by Crippen LogP contribution is -2.27. The van der Waals surface area contributed by atoms with Crippen LogP contribution in [0.4, 0.5) is 8.78 Å². The lowest BCUT2D eigenvalue weighted by atomic mass is 10.2. The molecule has 0 saturated heterocycles. The first-order chi connectivity index (χ1) is 8.33. The van der Waals surface area contributed by atoms with E-state index in [2.05, 4.69) is 5.32 Å². The Balaban J connectivity index is 2.43. The van der Waals surface area contributed by atoms with Gasteiger partial charge in [-0.25, -0.2) is 17.2 Å². The quantitative estimate of drug-likeness (QED) is 0.808. The van der Waals surface area contributed by atoms with E-state index in [1.54, 1.807) is 13.8 Å². The number of hydrogen-bond acceptors (Lipinski definition) is 3. The number of sulfone groups is 1. The van der Waals surface area contributed by atoms with Gasteiger partial charge in [0.2, 0.25) is 0 Å². The SMILES string of the molecule is CC(C)S(=O)(=O)CCNCc1ccc(F)cc1F. The molecule has 0 unspecified atom stereocenters. The monoisotopic (exact) mass is 277 g/mol. The van der Waals surface area contributed by atoms with Crippen molar-refractivity contribution in [2.24, 2.45) is 0 Å². The van der Waals surface area contributed by atoms with Crippen molar-refractivity contribution in [2.45, 2.75) is 25.6 Å². The number of hydrogen-bond donors (Lipinski definition) is 1. The molecule has 1 aromatic carbocycles. The van der Waals surface area contributed by atoms with Crippen molar-refractivity contribution >= 4 is 9.84 Å². The maximum Gasteiger partial charge on any atom is 0.153 e. The molecule has 3 nitrogen and oxygen atoms in total. The van der Waals surface area contributed by atoms with E-state index in [-0.39, 0.29) is 18.8 Å². The molecule has 102 valence electrons. The van der Waals surface area contributed by atoms with Gasteiger partial charge in [0, 0.05) is 24.7 Å². The minimum atomic E-state index is -3.09. The van der Waals surface area contributed by atoms with Gasteiger partial charge in [0.15, 0.2) is 9.84 Å². The normalized spacial score (nSPS) is 12.1. The third kappa shape index (κ3) is 4.34. The van der Waals surface area contributed by atoms with Crippen LogP contribution in [-0.2, 0) is 16.4 Å². The molecular weight excluding hydrogens is 260 g/mol. The fraction of sp³-hybridized carbons (Fsp3) is 0.500. The van der Waals surface area contributed by atoms with Crippen LogP contribution in [0.3, 0.4) is 0 Å². The first-order valence-electron chi connectivity index (χ1n) is 5.69. The summed E-state index contributed by atoms with van der Waals surface area (Å²) in [5, 5.41) is 2.42. The van der Waals surface area contributed by atoms with Crippen LogP contribution in [0, 0.1) is 11.6 Å². The molecule has 0 heterocycles. The van der Waals surface area contributed by atoms with Gasteiger partial charge >= 0.3 is 0 Å². The van der Waals surface area contributed by atoms with Gasteiger partial charge in [-0.05, 0) is 19.9 Å². The second kappa shape index (κ2) is 6.24. The molecule has 1 N–H and O–H groups in total. The van der Waals surface area contributed by atoms with Gasteiger partial charge in [-0.15, -0.1) is 0 Å². The van der Waals surface area contributed by atoms with Gasteiger partial charge in [-0.2, -0.15) is 0 Å². The van der Waals surface area contributed by atoms with Crippen LogP contribution in [0.2, 0.25) is 0 Å². The highest BCUT2D eigenvalue weighted by molar-refractivity contribution is 7.92. The Morgan fingerprint density at radius 1 is 1.28 bits per heavy atom. The summed E-state index contributed by atoms with van der Waals surface area (Å²) in [6, 6.07) is 3.32. The average molecular weight is 277 g/mol. The summed E-state index contributed by atoms with van der Waals surface area (Å²) < 4.78 is 48.9. The molecule has 0 aromatic heterocycles. The van der Waals surface area contributed by atoms with Crippen LogP contribution in [0.15, 0.2) is 18.2 Å². The van der Waals surface area contributed by atoms with Crippen molar-refractivity contribution in [1.82, 2.24) is 5.32 Å². The molecule has 1 aromatic rings. The molecule has 0 atom stereocenters. The van der Waals surface area contributed by atoms with Crippen molar-refractivity contribution in [1.29, 1.82) is 0 Å². The van der Waals surface area contributed by atoms with Crippen LogP contribution >= 0.6 is 0 Å². The van der Waals surface area contributed by atoms with E-state index >= 15 is 0 Å². The highest BCUT2D eigenvalue weighted by atomic mass is 32.2. The van der Waals surface area contributed by atoms with Gasteiger partial charge in [0.1, 0.15) is 11.6 Å². The lowest BCUT2D eigenvalue weighted by molar-refractivity contribution is 0.560. The highest BCUT2D eigenvalue weighted by Crippen LogP contribution is 2.09. The lowest BCUT2D eigenvalue weighted by Gasteiger charge is -2.09. The fourth-order valence-electron chi connectivity index (χ4n) is 1.34. The van der Waals surface area contributed by atoms with Crippen molar-refractivity contribution < 1.29 is 17.2 Å². The predicted octanol–water partition coefficient (Wildman–Crippen LogP) is 1.88. The maximum atomic E-state index is 13.2. The Hall–Kier alpha value is -1.01. The summed E-state index contributed by atoms with van der Waals surface area (Å²) >= 11 is 0. The molecule has 18 heavy (non-hydrogen) atoms. The molecule has 0 amide bonds. The third-order valence-electron chi connectivity index (χ3n) is 2.61. The summed E-state index contributed by atoms with van der Waals surface area (Å²) in [6.45, 7) is 3.67. The van der Waals surface area contributed by atoms with Gasteiger partial charge in [0.25, 0.3) is 0 Å². The fourth-order valence-corrected chi connectivity index (χ4v) is 2.24. The molecule has 0 aliphatic carbocycles. The topological polar surface area (TPSA) is 46.2 Å². The zero-order chi connectivity index (χ0) is 13.8. The largest absolute Gasteiger partial charge is 0.312 e. The van der Waals surface area contributed by atoms with E-state index in [0.717, 1.165) is 6.07 Å². The first-order valence-corrected chi connectivity index (χ1v) is 7.40. The molecule has 0 bridgehead atoms. The van der Waals surface area contributed by atoms with Gasteiger partial charge in [-0.3, -0.25) is 0 Å². The summed E-state index contributed by atoms with van der Waals surface area (Å²) in [4.78, 5) is 0. The molecule has 0 aliphatic heterocycles. The second-order valence-corrected chi connectivity index (χ2v) is 7.01. The Bertz CT molecular complexity index is 501. The van der Waals surface area contributed by atoms with Crippen LogP contribution < -0.4 is 5.32 Å². The molecule has 1 rings (SSSR count). The molecule has 0 spiro atoms. The molecule has 6 heteroatoms. The molecule has 0 aliphatic rings. The first kappa shape index (κ1) is 15.0. The van der Waals surface area contributed by atoms with E-state index < -0.39 is 26.7 Å². The van der Waals surface area contributed by atoms with E-state index in [0.29, 0.717) is 5.56 Å². The van der Waals surface area contributed by atoms with Gasteiger partial charge in [0.05, 0.1) is 11.0 Å². The summed E-state index contributed by atoms with van der Waals surface area (Å²) in [6.07, 6.45) is 0. The molecule has 0 saturated carbocycles. The number of benzene rings is 1. The number of nitrogens with one attached hydrogen (secondary N) is 1. The van der Waals surface area contributed by atoms with Gasteiger partial charge < -0.3 is 5.32 Å². The Labute approximate surface area is 106 Å².